The summed E-state index contributed by atoms with van der Waals surface area (Å²) in [7, 11) is 0. The maximum atomic E-state index is 12.7. The highest BCUT2D eigenvalue weighted by atomic mass is 32.2. The molecule has 5 nitrogen and oxygen atoms in total. The van der Waals surface area contributed by atoms with Crippen molar-refractivity contribution < 1.29 is 9.21 Å². The molecule has 0 spiro atoms. The summed E-state index contributed by atoms with van der Waals surface area (Å²) in [5.74, 6) is 0.967. The largest absolute Gasteiger partial charge is 0.437 e. The number of carbonyl (C=O) groups is 1. The Bertz CT molecular complexity index is 674. The first kappa shape index (κ1) is 16.9. The third kappa shape index (κ3) is 3.75. The van der Waals surface area contributed by atoms with Gasteiger partial charge in [-0.1, -0.05) is 30.0 Å². The van der Waals surface area contributed by atoms with Crippen molar-refractivity contribution in [3.63, 3.8) is 0 Å². The van der Waals surface area contributed by atoms with Crippen molar-refractivity contribution in [2.24, 2.45) is 0 Å². The van der Waals surface area contributed by atoms with E-state index in [1.807, 2.05) is 43.9 Å². The normalized spacial score (nSPS) is 16.3. The van der Waals surface area contributed by atoms with E-state index in [4.69, 9.17) is 4.42 Å². The fourth-order valence-corrected chi connectivity index (χ4v) is 3.69. The number of oxazole rings is 1. The van der Waals surface area contributed by atoms with Gasteiger partial charge in [0.15, 0.2) is 0 Å². The zero-order valence-electron chi connectivity index (χ0n) is 14.4. The van der Waals surface area contributed by atoms with Gasteiger partial charge >= 0.3 is 0 Å². The highest BCUT2D eigenvalue weighted by molar-refractivity contribution is 8.00. The highest BCUT2D eigenvalue weighted by Crippen LogP contribution is 2.26. The number of benzene rings is 1. The van der Waals surface area contributed by atoms with Gasteiger partial charge in [-0.3, -0.25) is 4.79 Å². The van der Waals surface area contributed by atoms with E-state index in [2.05, 4.69) is 22.0 Å². The van der Waals surface area contributed by atoms with Gasteiger partial charge in [0.25, 0.3) is 5.22 Å². The van der Waals surface area contributed by atoms with Crippen LogP contribution in [0.5, 0.6) is 0 Å². The second-order valence-electron chi connectivity index (χ2n) is 6.03. The lowest BCUT2D eigenvalue weighted by Gasteiger charge is -2.37. The molecule has 2 aromatic rings. The molecule has 1 aliphatic heterocycles. The number of hydrogen-bond acceptors (Lipinski definition) is 5. The Kier molecular flexibility index (Phi) is 5.14. The topological polar surface area (TPSA) is 49.6 Å². The van der Waals surface area contributed by atoms with Gasteiger partial charge in [-0.15, -0.1) is 0 Å². The molecule has 1 aromatic heterocycles. The molecular weight excluding hydrogens is 322 g/mol. The van der Waals surface area contributed by atoms with E-state index in [0.717, 1.165) is 37.6 Å². The predicted molar refractivity (Wildman–Crippen MR) is 96.5 cm³/mol. The Morgan fingerprint density at radius 1 is 1.17 bits per heavy atom. The van der Waals surface area contributed by atoms with E-state index < -0.39 is 0 Å². The molecule has 0 bridgehead atoms. The molecule has 1 amide bonds. The summed E-state index contributed by atoms with van der Waals surface area (Å²) in [4.78, 5) is 21.3. The minimum Gasteiger partial charge on any atom is -0.437 e. The maximum Gasteiger partial charge on any atom is 0.256 e. The van der Waals surface area contributed by atoms with Crippen molar-refractivity contribution in [2.45, 2.75) is 31.2 Å². The van der Waals surface area contributed by atoms with Gasteiger partial charge in [-0.25, -0.2) is 4.98 Å². The maximum absolute atomic E-state index is 12.7. The lowest BCUT2D eigenvalue weighted by Crippen LogP contribution is -2.50. The summed E-state index contributed by atoms with van der Waals surface area (Å²) in [6, 6.07) is 10.3. The van der Waals surface area contributed by atoms with Crippen molar-refractivity contribution in [1.82, 2.24) is 9.88 Å². The molecule has 1 fully saturated rings. The quantitative estimate of drug-likeness (QED) is 0.797. The van der Waals surface area contributed by atoms with Crippen LogP contribution in [0.2, 0.25) is 0 Å². The minimum atomic E-state index is -0.189. The number of carbonyl (C=O) groups excluding carboxylic acids is 1. The standard InChI is InChI=1S/C18H23N3O2S/c1-13-14(2)23-18(19-13)24-15(3)17(22)21-11-9-20(10-12-21)16-7-5-4-6-8-16/h4-8,15H,9-12H2,1-3H3. The van der Waals surface area contributed by atoms with Crippen LogP contribution in [0.3, 0.4) is 0 Å². The Labute approximate surface area is 147 Å². The Balaban J connectivity index is 1.54. The van der Waals surface area contributed by atoms with Gasteiger partial charge in [0, 0.05) is 31.9 Å². The van der Waals surface area contributed by atoms with Crippen LogP contribution in [0.15, 0.2) is 40.0 Å². The minimum absolute atomic E-state index is 0.154. The van der Waals surface area contributed by atoms with E-state index in [9.17, 15) is 4.79 Å². The molecule has 0 N–H and O–H groups in total. The van der Waals surface area contributed by atoms with E-state index in [1.165, 1.54) is 17.4 Å². The third-order valence-corrected chi connectivity index (χ3v) is 5.28. The molecule has 0 saturated carbocycles. The highest BCUT2D eigenvalue weighted by Gasteiger charge is 2.26. The predicted octanol–water partition coefficient (Wildman–Crippen LogP) is 3.12. The Morgan fingerprint density at radius 2 is 1.83 bits per heavy atom. The number of piperazine rings is 1. The molecule has 24 heavy (non-hydrogen) atoms. The van der Waals surface area contributed by atoms with E-state index in [-0.39, 0.29) is 11.2 Å². The van der Waals surface area contributed by atoms with Crippen LogP contribution in [0.25, 0.3) is 0 Å². The summed E-state index contributed by atoms with van der Waals surface area (Å²) >= 11 is 1.39. The SMILES string of the molecule is Cc1nc(SC(C)C(=O)N2CCN(c3ccccc3)CC2)oc1C. The number of rotatable bonds is 4. The lowest BCUT2D eigenvalue weighted by molar-refractivity contribution is -0.130. The average Bonchev–Trinajstić information content (AvgIpc) is 2.92. The lowest BCUT2D eigenvalue weighted by atomic mass is 10.2. The zero-order chi connectivity index (χ0) is 17.1. The first-order valence-corrected chi connectivity index (χ1v) is 9.12. The number of para-hydroxylation sites is 1. The van der Waals surface area contributed by atoms with Crippen molar-refractivity contribution in [3.05, 3.63) is 41.8 Å². The van der Waals surface area contributed by atoms with Gasteiger partial charge < -0.3 is 14.2 Å². The molecule has 6 heteroatoms. The van der Waals surface area contributed by atoms with Gasteiger partial charge in [0.2, 0.25) is 5.91 Å². The molecule has 1 unspecified atom stereocenters. The van der Waals surface area contributed by atoms with Crippen LogP contribution in [0, 0.1) is 13.8 Å². The first-order valence-electron chi connectivity index (χ1n) is 8.24. The van der Waals surface area contributed by atoms with Crippen molar-refractivity contribution in [1.29, 1.82) is 0 Å². The number of anilines is 1. The molecule has 128 valence electrons. The summed E-state index contributed by atoms with van der Waals surface area (Å²) in [6.45, 7) is 8.96. The number of hydrogen-bond donors (Lipinski definition) is 0. The molecule has 2 heterocycles. The number of thioether (sulfide) groups is 1. The first-order chi connectivity index (χ1) is 11.5. The molecule has 1 saturated heterocycles. The van der Waals surface area contributed by atoms with E-state index in [0.29, 0.717) is 5.22 Å². The zero-order valence-corrected chi connectivity index (χ0v) is 15.2. The summed E-state index contributed by atoms with van der Waals surface area (Å²) in [5.41, 5.74) is 2.10. The second-order valence-corrected chi connectivity index (χ2v) is 7.32. The molecule has 0 aliphatic carbocycles. The van der Waals surface area contributed by atoms with Crippen molar-refractivity contribution in [3.8, 4) is 0 Å². The average molecular weight is 345 g/mol. The summed E-state index contributed by atoms with van der Waals surface area (Å²) in [6.07, 6.45) is 0. The van der Waals surface area contributed by atoms with Gasteiger partial charge in [-0.2, -0.15) is 0 Å². The second kappa shape index (κ2) is 7.30. The van der Waals surface area contributed by atoms with E-state index in [1.54, 1.807) is 0 Å². The summed E-state index contributed by atoms with van der Waals surface area (Å²) < 4.78 is 5.57. The monoisotopic (exact) mass is 345 g/mol. The Morgan fingerprint density at radius 3 is 2.42 bits per heavy atom. The van der Waals surface area contributed by atoms with Gasteiger partial charge in [0.05, 0.1) is 10.9 Å². The molecular formula is C18H23N3O2S. The summed E-state index contributed by atoms with van der Waals surface area (Å²) in [5, 5.41) is 0.388. The third-order valence-electron chi connectivity index (χ3n) is 4.35. The van der Waals surface area contributed by atoms with Crippen LogP contribution < -0.4 is 4.90 Å². The van der Waals surface area contributed by atoms with E-state index >= 15 is 0 Å². The fourth-order valence-electron chi connectivity index (χ4n) is 2.78. The Hall–Kier alpha value is -1.95. The van der Waals surface area contributed by atoms with Crippen LogP contribution in [-0.4, -0.2) is 47.2 Å². The van der Waals surface area contributed by atoms with Gasteiger partial charge in [-0.05, 0) is 32.9 Å². The molecule has 1 aromatic carbocycles. The van der Waals surface area contributed by atoms with Crippen molar-refractivity contribution in [2.75, 3.05) is 31.1 Å². The molecule has 3 rings (SSSR count). The van der Waals surface area contributed by atoms with Crippen LogP contribution >= 0.6 is 11.8 Å². The van der Waals surface area contributed by atoms with Crippen molar-refractivity contribution >= 4 is 23.4 Å². The van der Waals surface area contributed by atoms with Gasteiger partial charge in [0.1, 0.15) is 5.76 Å². The fraction of sp³-hybridized carbons (Fsp3) is 0.444. The molecule has 1 atom stereocenters. The number of nitrogens with zero attached hydrogens (tertiary/aromatic N) is 3. The smallest absolute Gasteiger partial charge is 0.256 e. The van der Waals surface area contributed by atoms with Crippen LogP contribution in [0.4, 0.5) is 5.69 Å². The number of aromatic nitrogens is 1. The molecule has 1 aliphatic rings. The van der Waals surface area contributed by atoms with Crippen LogP contribution in [-0.2, 0) is 4.79 Å². The number of aryl methyl sites for hydroxylation is 2. The number of amides is 1. The van der Waals surface area contributed by atoms with Crippen LogP contribution in [0.1, 0.15) is 18.4 Å². The molecule has 0 radical (unpaired) electrons.